The van der Waals surface area contributed by atoms with Gasteiger partial charge in [-0.15, -0.1) is 0 Å². The minimum Gasteiger partial charge on any atom is -0.379 e. The molecule has 156 valence electrons. The molecule has 1 amide bonds. The Labute approximate surface area is 171 Å². The SMILES string of the molecule is O=C(Nc1ccnc2c(F)cc(F)cc12)c1cccc(S(=O)(=O)N2CCOCC2)c1. The number of rotatable bonds is 4. The lowest BCUT2D eigenvalue weighted by Crippen LogP contribution is -2.40. The Balaban J connectivity index is 1.64. The molecule has 2 aromatic carbocycles. The van der Waals surface area contributed by atoms with Crippen molar-refractivity contribution in [3.63, 3.8) is 0 Å². The highest BCUT2D eigenvalue weighted by atomic mass is 32.2. The average molecular weight is 433 g/mol. The summed E-state index contributed by atoms with van der Waals surface area (Å²) in [5.74, 6) is -2.27. The number of halogens is 2. The van der Waals surface area contributed by atoms with Crippen molar-refractivity contribution in [1.82, 2.24) is 9.29 Å². The van der Waals surface area contributed by atoms with Gasteiger partial charge in [0.05, 0.1) is 23.8 Å². The third-order valence-corrected chi connectivity index (χ3v) is 6.61. The van der Waals surface area contributed by atoms with Crippen LogP contribution in [0.2, 0.25) is 0 Å². The molecule has 0 bridgehead atoms. The molecule has 1 fully saturated rings. The first-order valence-corrected chi connectivity index (χ1v) is 10.5. The van der Waals surface area contributed by atoms with Crippen molar-refractivity contribution in [2.45, 2.75) is 4.90 Å². The van der Waals surface area contributed by atoms with E-state index >= 15 is 0 Å². The number of fused-ring (bicyclic) bond motifs is 1. The summed E-state index contributed by atoms with van der Waals surface area (Å²) in [4.78, 5) is 16.6. The van der Waals surface area contributed by atoms with Gasteiger partial charge >= 0.3 is 0 Å². The Morgan fingerprint density at radius 1 is 1.10 bits per heavy atom. The van der Waals surface area contributed by atoms with E-state index in [-0.39, 0.29) is 40.1 Å². The number of amides is 1. The Bertz CT molecular complexity index is 1230. The summed E-state index contributed by atoms with van der Waals surface area (Å²) in [6.45, 7) is 1.08. The highest BCUT2D eigenvalue weighted by Crippen LogP contribution is 2.26. The number of carbonyl (C=O) groups is 1. The van der Waals surface area contributed by atoms with E-state index < -0.39 is 27.6 Å². The molecular formula is C20H17F2N3O4S. The van der Waals surface area contributed by atoms with Crippen LogP contribution in [0.1, 0.15) is 10.4 Å². The number of aromatic nitrogens is 1. The Kier molecular flexibility index (Phi) is 5.46. The number of ether oxygens (including phenoxy) is 1. The normalized spacial score (nSPS) is 15.3. The summed E-state index contributed by atoms with van der Waals surface area (Å²) >= 11 is 0. The molecule has 1 aliphatic rings. The summed E-state index contributed by atoms with van der Waals surface area (Å²) in [7, 11) is -3.77. The lowest BCUT2D eigenvalue weighted by molar-refractivity contribution is 0.0730. The second-order valence-corrected chi connectivity index (χ2v) is 8.58. The van der Waals surface area contributed by atoms with E-state index in [1.165, 1.54) is 40.8 Å². The van der Waals surface area contributed by atoms with Crippen LogP contribution in [0.25, 0.3) is 10.9 Å². The van der Waals surface area contributed by atoms with Crippen LogP contribution < -0.4 is 5.32 Å². The molecule has 3 aromatic rings. The average Bonchev–Trinajstić information content (AvgIpc) is 2.75. The predicted octanol–water partition coefficient (Wildman–Crippen LogP) is 2.79. The first-order chi connectivity index (χ1) is 14.4. The van der Waals surface area contributed by atoms with Gasteiger partial charge in [-0.25, -0.2) is 17.2 Å². The molecule has 0 spiro atoms. The number of benzene rings is 2. The summed E-state index contributed by atoms with van der Waals surface area (Å²) in [6.07, 6.45) is 1.29. The fourth-order valence-corrected chi connectivity index (χ4v) is 4.67. The van der Waals surface area contributed by atoms with E-state index in [9.17, 15) is 22.0 Å². The molecule has 0 unspecified atom stereocenters. The third-order valence-electron chi connectivity index (χ3n) is 4.72. The first-order valence-electron chi connectivity index (χ1n) is 9.09. The minimum absolute atomic E-state index is 0.0197. The Hall–Kier alpha value is -2.95. The number of hydrogen-bond donors (Lipinski definition) is 1. The van der Waals surface area contributed by atoms with Crippen molar-refractivity contribution < 1.29 is 26.7 Å². The molecule has 1 aliphatic heterocycles. The first kappa shape index (κ1) is 20.3. The molecular weight excluding hydrogens is 416 g/mol. The van der Waals surface area contributed by atoms with Crippen molar-refractivity contribution >= 4 is 32.5 Å². The van der Waals surface area contributed by atoms with E-state index in [0.29, 0.717) is 19.3 Å². The van der Waals surface area contributed by atoms with Crippen LogP contribution in [0.3, 0.4) is 0 Å². The number of nitrogens with zero attached hydrogens (tertiary/aromatic N) is 2. The van der Waals surface area contributed by atoms with Crippen LogP contribution >= 0.6 is 0 Å². The molecule has 0 saturated carbocycles. The second-order valence-electron chi connectivity index (χ2n) is 6.64. The van der Waals surface area contributed by atoms with Gasteiger partial charge in [0.1, 0.15) is 11.3 Å². The lowest BCUT2D eigenvalue weighted by atomic mass is 10.1. The summed E-state index contributed by atoms with van der Waals surface area (Å²) in [5.41, 5.74) is 0.161. The van der Waals surface area contributed by atoms with E-state index in [1.807, 2.05) is 0 Å². The number of sulfonamides is 1. The van der Waals surface area contributed by atoms with Crippen molar-refractivity contribution in [3.8, 4) is 0 Å². The number of morpholine rings is 1. The van der Waals surface area contributed by atoms with Crippen LogP contribution in [0.4, 0.5) is 14.5 Å². The van der Waals surface area contributed by atoms with E-state index in [1.54, 1.807) is 0 Å². The lowest BCUT2D eigenvalue weighted by Gasteiger charge is -2.26. The van der Waals surface area contributed by atoms with Gasteiger partial charge in [0.25, 0.3) is 5.91 Å². The maximum absolute atomic E-state index is 14.0. The molecule has 2 heterocycles. The van der Waals surface area contributed by atoms with Gasteiger partial charge in [0.2, 0.25) is 10.0 Å². The van der Waals surface area contributed by atoms with Gasteiger partial charge in [-0.3, -0.25) is 9.78 Å². The van der Waals surface area contributed by atoms with E-state index in [4.69, 9.17) is 4.74 Å². The summed E-state index contributed by atoms with van der Waals surface area (Å²) in [5, 5.41) is 2.67. The zero-order chi connectivity index (χ0) is 21.3. The summed E-state index contributed by atoms with van der Waals surface area (Å²) < 4.78 is 59.7. The fraction of sp³-hybridized carbons (Fsp3) is 0.200. The molecule has 10 heteroatoms. The van der Waals surface area contributed by atoms with Crippen LogP contribution in [0, 0.1) is 11.6 Å². The quantitative estimate of drug-likeness (QED) is 0.684. The number of nitrogens with one attached hydrogen (secondary N) is 1. The minimum atomic E-state index is -3.77. The van der Waals surface area contributed by atoms with Gasteiger partial charge in [0.15, 0.2) is 5.82 Å². The van der Waals surface area contributed by atoms with Crippen LogP contribution in [0.5, 0.6) is 0 Å². The molecule has 0 aliphatic carbocycles. The largest absolute Gasteiger partial charge is 0.379 e. The third kappa shape index (κ3) is 3.89. The monoisotopic (exact) mass is 433 g/mol. The molecule has 0 radical (unpaired) electrons. The van der Waals surface area contributed by atoms with Gasteiger partial charge < -0.3 is 10.1 Å². The standard InChI is InChI=1S/C20H17F2N3O4S/c21-14-11-16-18(4-5-23-19(16)17(22)12-14)24-20(26)13-2-1-3-15(10-13)30(27,28)25-6-8-29-9-7-25/h1-5,10-12H,6-9H2,(H,23,24,26). The topological polar surface area (TPSA) is 88.6 Å². The molecule has 1 aromatic heterocycles. The highest BCUT2D eigenvalue weighted by Gasteiger charge is 2.27. The highest BCUT2D eigenvalue weighted by molar-refractivity contribution is 7.89. The van der Waals surface area contributed by atoms with E-state index in [2.05, 4.69) is 10.3 Å². The van der Waals surface area contributed by atoms with Crippen molar-refractivity contribution in [1.29, 1.82) is 0 Å². The van der Waals surface area contributed by atoms with Crippen molar-refractivity contribution in [2.75, 3.05) is 31.6 Å². The Morgan fingerprint density at radius 2 is 1.87 bits per heavy atom. The Morgan fingerprint density at radius 3 is 2.63 bits per heavy atom. The molecule has 1 saturated heterocycles. The molecule has 0 atom stereocenters. The number of carbonyl (C=O) groups excluding carboxylic acids is 1. The molecule has 7 nitrogen and oxygen atoms in total. The van der Waals surface area contributed by atoms with Crippen LogP contribution in [0.15, 0.2) is 53.6 Å². The molecule has 30 heavy (non-hydrogen) atoms. The number of hydrogen-bond acceptors (Lipinski definition) is 5. The maximum atomic E-state index is 14.0. The fourth-order valence-electron chi connectivity index (χ4n) is 3.22. The predicted molar refractivity (Wildman–Crippen MR) is 106 cm³/mol. The second kappa shape index (κ2) is 8.05. The summed E-state index contributed by atoms with van der Waals surface area (Å²) in [6, 6.07) is 8.79. The molecule has 1 N–H and O–H groups in total. The zero-order valence-corrected chi connectivity index (χ0v) is 16.5. The maximum Gasteiger partial charge on any atom is 0.255 e. The zero-order valence-electron chi connectivity index (χ0n) is 15.6. The number of pyridine rings is 1. The van der Waals surface area contributed by atoms with Gasteiger partial charge in [0, 0.05) is 36.3 Å². The smallest absolute Gasteiger partial charge is 0.255 e. The number of anilines is 1. The van der Waals surface area contributed by atoms with Gasteiger partial charge in [-0.2, -0.15) is 4.31 Å². The van der Waals surface area contributed by atoms with E-state index in [0.717, 1.165) is 6.07 Å². The van der Waals surface area contributed by atoms with Crippen molar-refractivity contribution in [2.24, 2.45) is 0 Å². The van der Waals surface area contributed by atoms with Gasteiger partial charge in [-0.1, -0.05) is 6.07 Å². The van der Waals surface area contributed by atoms with Crippen molar-refractivity contribution in [3.05, 3.63) is 65.9 Å². The van der Waals surface area contributed by atoms with Gasteiger partial charge in [-0.05, 0) is 30.3 Å². The van der Waals surface area contributed by atoms with Crippen LogP contribution in [-0.4, -0.2) is 49.9 Å². The molecule has 4 rings (SSSR count). The van der Waals surface area contributed by atoms with Crippen LogP contribution in [-0.2, 0) is 14.8 Å².